The second-order valence-corrected chi connectivity index (χ2v) is 7.16. The number of carbonyl (C=O) groups excluding carboxylic acids is 2. The fourth-order valence-corrected chi connectivity index (χ4v) is 3.30. The summed E-state index contributed by atoms with van der Waals surface area (Å²) in [7, 11) is 1.59. The summed E-state index contributed by atoms with van der Waals surface area (Å²) < 4.78 is 11.1. The highest BCUT2D eigenvalue weighted by Crippen LogP contribution is 2.31. The minimum Gasteiger partial charge on any atom is -0.493 e. The van der Waals surface area contributed by atoms with E-state index < -0.39 is 0 Å². The average Bonchev–Trinajstić information content (AvgIpc) is 3.10. The molecule has 0 atom stereocenters. The van der Waals surface area contributed by atoms with Crippen LogP contribution in [-0.2, 0) is 16.0 Å². The van der Waals surface area contributed by atoms with E-state index in [-0.39, 0.29) is 17.9 Å². The van der Waals surface area contributed by atoms with Crippen molar-refractivity contribution in [2.24, 2.45) is 0 Å². The lowest BCUT2D eigenvalue weighted by atomic mass is 10.1. The third-order valence-electron chi connectivity index (χ3n) is 4.60. The Morgan fingerprint density at radius 3 is 2.62 bits per heavy atom. The third-order valence-corrected chi connectivity index (χ3v) is 4.60. The lowest BCUT2D eigenvalue weighted by molar-refractivity contribution is -0.116. The minimum atomic E-state index is -0.229. The molecule has 152 valence electrons. The maximum Gasteiger partial charge on any atom is 0.248 e. The van der Waals surface area contributed by atoms with Crippen LogP contribution in [-0.4, -0.2) is 31.6 Å². The molecule has 1 aliphatic rings. The minimum absolute atomic E-state index is 0.0312. The smallest absolute Gasteiger partial charge is 0.248 e. The zero-order valence-electron chi connectivity index (χ0n) is 17.2. The number of hydrogen-bond acceptors (Lipinski definition) is 4. The van der Waals surface area contributed by atoms with Crippen molar-refractivity contribution < 1.29 is 19.1 Å². The molecule has 6 nitrogen and oxygen atoms in total. The first-order chi connectivity index (χ1) is 13.9. The van der Waals surface area contributed by atoms with E-state index >= 15 is 0 Å². The van der Waals surface area contributed by atoms with Crippen LogP contribution in [0.5, 0.6) is 11.5 Å². The standard InChI is InChI=1S/C23H26N2O4/c1-15(2)29-21-9-5-17(13-22(21)28-4)6-10-23(27)24-19-7-8-20-18(14-19)11-12-25(20)16(3)26/h5-10,13-15H,11-12H2,1-4H3,(H,24,27)/b10-6+. The van der Waals surface area contributed by atoms with Crippen molar-refractivity contribution in [2.75, 3.05) is 23.9 Å². The Hall–Kier alpha value is -3.28. The van der Waals surface area contributed by atoms with Crippen molar-refractivity contribution in [1.29, 1.82) is 0 Å². The summed E-state index contributed by atoms with van der Waals surface area (Å²) in [5.74, 6) is 1.09. The molecule has 2 amide bonds. The lowest BCUT2D eigenvalue weighted by Gasteiger charge is -2.15. The highest BCUT2D eigenvalue weighted by molar-refractivity contribution is 6.02. The molecule has 0 aliphatic carbocycles. The predicted molar refractivity (Wildman–Crippen MR) is 115 cm³/mol. The van der Waals surface area contributed by atoms with E-state index in [1.54, 1.807) is 25.0 Å². The van der Waals surface area contributed by atoms with E-state index in [9.17, 15) is 9.59 Å². The zero-order chi connectivity index (χ0) is 21.0. The summed E-state index contributed by atoms with van der Waals surface area (Å²) in [6.07, 6.45) is 4.04. The molecule has 29 heavy (non-hydrogen) atoms. The molecule has 1 N–H and O–H groups in total. The number of benzene rings is 2. The average molecular weight is 394 g/mol. The quantitative estimate of drug-likeness (QED) is 0.751. The SMILES string of the molecule is COc1cc(/C=C/C(=O)Nc2ccc3c(c2)CCN3C(C)=O)ccc1OC(C)C. The van der Waals surface area contributed by atoms with Gasteiger partial charge < -0.3 is 19.7 Å². The molecule has 0 radical (unpaired) electrons. The Kier molecular flexibility index (Phi) is 6.22. The van der Waals surface area contributed by atoms with Gasteiger partial charge in [-0.05, 0) is 67.8 Å². The first-order valence-electron chi connectivity index (χ1n) is 9.62. The molecule has 3 rings (SSSR count). The molecule has 0 fully saturated rings. The maximum absolute atomic E-state index is 12.3. The summed E-state index contributed by atoms with van der Waals surface area (Å²) >= 11 is 0. The summed E-state index contributed by atoms with van der Waals surface area (Å²) in [5, 5.41) is 2.87. The molecule has 1 aliphatic heterocycles. The Bertz CT molecular complexity index is 950. The second kappa shape index (κ2) is 8.82. The molecule has 0 bridgehead atoms. The molecule has 0 aromatic heterocycles. The molecule has 1 heterocycles. The van der Waals surface area contributed by atoms with Gasteiger partial charge in [-0.25, -0.2) is 0 Å². The second-order valence-electron chi connectivity index (χ2n) is 7.16. The summed E-state index contributed by atoms with van der Waals surface area (Å²) in [4.78, 5) is 25.7. The van der Waals surface area contributed by atoms with Crippen LogP contribution >= 0.6 is 0 Å². The molecule has 6 heteroatoms. The van der Waals surface area contributed by atoms with Crippen LogP contribution in [0.3, 0.4) is 0 Å². The number of anilines is 2. The highest BCUT2D eigenvalue weighted by Gasteiger charge is 2.22. The molecule has 0 saturated carbocycles. The van der Waals surface area contributed by atoms with E-state index in [1.165, 1.54) is 6.08 Å². The number of methoxy groups -OCH3 is 1. The number of rotatable bonds is 6. The first kappa shape index (κ1) is 20.5. The van der Waals surface area contributed by atoms with Gasteiger partial charge in [-0.15, -0.1) is 0 Å². The van der Waals surface area contributed by atoms with Crippen molar-refractivity contribution >= 4 is 29.3 Å². The fourth-order valence-electron chi connectivity index (χ4n) is 3.30. The fraction of sp³-hybridized carbons (Fsp3) is 0.304. The number of hydrogen-bond donors (Lipinski definition) is 1. The van der Waals surface area contributed by atoms with Crippen LogP contribution in [0, 0.1) is 0 Å². The molecule has 0 unspecified atom stereocenters. The molecule has 0 saturated heterocycles. The number of nitrogens with one attached hydrogen (secondary N) is 1. The maximum atomic E-state index is 12.3. The van der Waals surface area contributed by atoms with Gasteiger partial charge in [0.05, 0.1) is 13.2 Å². The highest BCUT2D eigenvalue weighted by atomic mass is 16.5. The largest absolute Gasteiger partial charge is 0.493 e. The topological polar surface area (TPSA) is 67.9 Å². The van der Waals surface area contributed by atoms with Crippen molar-refractivity contribution in [3.63, 3.8) is 0 Å². The van der Waals surface area contributed by atoms with Crippen LogP contribution in [0.25, 0.3) is 6.08 Å². The molecular weight excluding hydrogens is 368 g/mol. The first-order valence-corrected chi connectivity index (χ1v) is 9.62. The van der Waals surface area contributed by atoms with E-state index in [0.717, 1.165) is 23.2 Å². The lowest BCUT2D eigenvalue weighted by Crippen LogP contribution is -2.25. The van der Waals surface area contributed by atoms with Gasteiger partial charge >= 0.3 is 0 Å². The van der Waals surface area contributed by atoms with Gasteiger partial charge in [-0.2, -0.15) is 0 Å². The Balaban J connectivity index is 1.67. The van der Waals surface area contributed by atoms with Crippen LogP contribution in [0.1, 0.15) is 31.9 Å². The summed E-state index contributed by atoms with van der Waals surface area (Å²) in [5.41, 5.74) is 3.52. The summed E-state index contributed by atoms with van der Waals surface area (Å²) in [6, 6.07) is 11.1. The van der Waals surface area contributed by atoms with Crippen molar-refractivity contribution in [3.05, 3.63) is 53.6 Å². The van der Waals surface area contributed by atoms with Gasteiger partial charge in [0, 0.05) is 30.9 Å². The van der Waals surface area contributed by atoms with Gasteiger partial charge in [0.15, 0.2) is 11.5 Å². The zero-order valence-corrected chi connectivity index (χ0v) is 17.2. The van der Waals surface area contributed by atoms with Crippen LogP contribution in [0.2, 0.25) is 0 Å². The molecule has 2 aromatic rings. The summed E-state index contributed by atoms with van der Waals surface area (Å²) in [6.45, 7) is 6.15. The van der Waals surface area contributed by atoms with Crippen molar-refractivity contribution in [1.82, 2.24) is 0 Å². The molecular formula is C23H26N2O4. The van der Waals surface area contributed by atoms with Crippen LogP contribution < -0.4 is 19.7 Å². The Morgan fingerprint density at radius 2 is 1.93 bits per heavy atom. The normalized spacial score (nSPS) is 12.9. The van der Waals surface area contributed by atoms with E-state index in [4.69, 9.17) is 9.47 Å². The van der Waals surface area contributed by atoms with Crippen LogP contribution in [0.4, 0.5) is 11.4 Å². The number of fused-ring (bicyclic) bond motifs is 1. The van der Waals surface area contributed by atoms with Gasteiger partial charge in [0.2, 0.25) is 11.8 Å². The Labute approximate surface area is 171 Å². The van der Waals surface area contributed by atoms with Crippen LogP contribution in [0.15, 0.2) is 42.5 Å². The number of carbonyl (C=O) groups is 2. The number of nitrogens with zero attached hydrogens (tertiary/aromatic N) is 1. The van der Waals surface area contributed by atoms with Gasteiger partial charge in [0.1, 0.15) is 0 Å². The van der Waals surface area contributed by atoms with E-state index in [2.05, 4.69) is 5.32 Å². The Morgan fingerprint density at radius 1 is 1.14 bits per heavy atom. The third kappa shape index (κ3) is 4.96. The van der Waals surface area contributed by atoms with Crippen molar-refractivity contribution in [2.45, 2.75) is 33.3 Å². The van der Waals surface area contributed by atoms with E-state index in [0.29, 0.717) is 23.7 Å². The van der Waals surface area contributed by atoms with Gasteiger partial charge in [0.25, 0.3) is 0 Å². The van der Waals surface area contributed by atoms with Gasteiger partial charge in [-0.1, -0.05) is 6.07 Å². The predicted octanol–water partition coefficient (Wildman–Crippen LogP) is 4.04. The number of amides is 2. The molecule has 2 aromatic carbocycles. The molecule has 0 spiro atoms. The van der Waals surface area contributed by atoms with E-state index in [1.807, 2.05) is 50.2 Å². The van der Waals surface area contributed by atoms with Gasteiger partial charge in [-0.3, -0.25) is 9.59 Å². The number of ether oxygens (including phenoxy) is 2. The monoisotopic (exact) mass is 394 g/mol. The van der Waals surface area contributed by atoms with Crippen molar-refractivity contribution in [3.8, 4) is 11.5 Å².